The lowest BCUT2D eigenvalue weighted by Gasteiger charge is -2.48. The van der Waals surface area contributed by atoms with Gasteiger partial charge in [-0.15, -0.1) is 0 Å². The zero-order valence-electron chi connectivity index (χ0n) is 13.5. The van der Waals surface area contributed by atoms with E-state index in [1.165, 1.54) is 25.9 Å². The quantitative estimate of drug-likeness (QED) is 0.865. The van der Waals surface area contributed by atoms with Crippen molar-refractivity contribution in [3.05, 3.63) is 0 Å². The Morgan fingerprint density at radius 3 is 2.29 bits per heavy atom. The predicted octanol–water partition coefficient (Wildman–Crippen LogP) is 2.43. The third-order valence-corrected chi connectivity index (χ3v) is 6.16. The number of carbonyl (C=O) groups is 1. The Hall–Kier alpha value is -0.610. The second kappa shape index (κ2) is 6.25. The second-order valence-corrected chi connectivity index (χ2v) is 7.63. The number of rotatable bonds is 4. The second-order valence-electron chi connectivity index (χ2n) is 7.63. The summed E-state index contributed by atoms with van der Waals surface area (Å²) in [6, 6.07) is 1.11. The maximum Gasteiger partial charge on any atom is 0.320 e. The van der Waals surface area contributed by atoms with Crippen LogP contribution in [0.1, 0.15) is 52.4 Å². The van der Waals surface area contributed by atoms with Gasteiger partial charge in [0.05, 0.1) is 0 Å². The van der Waals surface area contributed by atoms with Gasteiger partial charge in [-0.3, -0.25) is 9.69 Å². The fourth-order valence-corrected chi connectivity index (χ4v) is 4.55. The van der Waals surface area contributed by atoms with E-state index in [-0.39, 0.29) is 6.04 Å². The molecule has 21 heavy (non-hydrogen) atoms. The average molecular weight is 294 g/mol. The van der Waals surface area contributed by atoms with Gasteiger partial charge in [-0.25, -0.2) is 0 Å². The molecule has 0 aromatic rings. The number of carboxylic acids is 1. The third kappa shape index (κ3) is 3.11. The fraction of sp³-hybridized carbons (Fsp3) is 0.941. The van der Waals surface area contributed by atoms with E-state index in [2.05, 4.69) is 23.6 Å². The molecule has 1 aliphatic carbocycles. The van der Waals surface area contributed by atoms with E-state index >= 15 is 0 Å². The molecule has 1 atom stereocenters. The van der Waals surface area contributed by atoms with Crippen molar-refractivity contribution in [2.45, 2.75) is 70.5 Å². The summed E-state index contributed by atoms with van der Waals surface area (Å²) < 4.78 is 0. The molecule has 0 amide bonds. The minimum absolute atomic E-state index is 0.212. The van der Waals surface area contributed by atoms with E-state index in [9.17, 15) is 9.90 Å². The van der Waals surface area contributed by atoms with Crippen LogP contribution in [0.2, 0.25) is 0 Å². The van der Waals surface area contributed by atoms with Gasteiger partial charge < -0.3 is 10.0 Å². The normalized spacial score (nSPS) is 36.0. The van der Waals surface area contributed by atoms with Crippen LogP contribution in [0.3, 0.4) is 0 Å². The summed E-state index contributed by atoms with van der Waals surface area (Å²) in [5.74, 6) is 1.15. The molecule has 1 unspecified atom stereocenters. The number of nitrogens with zero attached hydrogens (tertiary/aromatic N) is 2. The van der Waals surface area contributed by atoms with Gasteiger partial charge in [-0.1, -0.05) is 13.8 Å². The van der Waals surface area contributed by atoms with Crippen molar-refractivity contribution >= 4 is 5.97 Å². The largest absolute Gasteiger partial charge is 0.480 e. The third-order valence-electron chi connectivity index (χ3n) is 6.16. The zero-order valence-corrected chi connectivity index (χ0v) is 13.5. The molecule has 3 rings (SSSR count). The van der Waals surface area contributed by atoms with Crippen molar-refractivity contribution in [3.63, 3.8) is 0 Å². The summed E-state index contributed by atoms with van der Waals surface area (Å²) in [5, 5.41) is 9.33. The summed E-state index contributed by atoms with van der Waals surface area (Å²) >= 11 is 0. The maximum atomic E-state index is 11.3. The van der Waals surface area contributed by atoms with Crippen LogP contribution in [0, 0.1) is 11.8 Å². The molecule has 0 radical (unpaired) electrons. The van der Waals surface area contributed by atoms with Gasteiger partial charge in [0.15, 0.2) is 0 Å². The summed E-state index contributed by atoms with van der Waals surface area (Å²) in [5.41, 5.74) is 0. The van der Waals surface area contributed by atoms with Crippen LogP contribution >= 0.6 is 0 Å². The topological polar surface area (TPSA) is 43.8 Å². The van der Waals surface area contributed by atoms with E-state index in [0.717, 1.165) is 50.1 Å². The molecule has 120 valence electrons. The van der Waals surface area contributed by atoms with Gasteiger partial charge in [0.2, 0.25) is 0 Å². The molecule has 3 fully saturated rings. The fourth-order valence-electron chi connectivity index (χ4n) is 4.55. The Kier molecular flexibility index (Phi) is 4.55. The Balaban J connectivity index is 1.46. The highest BCUT2D eigenvalue weighted by molar-refractivity contribution is 5.73. The molecular weight excluding hydrogens is 264 g/mol. The molecule has 4 nitrogen and oxygen atoms in total. The molecule has 4 heteroatoms. The Morgan fingerprint density at radius 1 is 1.05 bits per heavy atom. The molecular formula is C17H30N2O2. The predicted molar refractivity (Wildman–Crippen MR) is 83.3 cm³/mol. The first-order valence-electron chi connectivity index (χ1n) is 8.79. The van der Waals surface area contributed by atoms with Crippen molar-refractivity contribution in [2.75, 3.05) is 19.6 Å². The van der Waals surface area contributed by atoms with E-state index in [1.807, 2.05) is 0 Å². The number of hydrogen-bond acceptors (Lipinski definition) is 3. The van der Waals surface area contributed by atoms with Gasteiger partial charge in [0, 0.05) is 12.1 Å². The molecule has 0 bridgehead atoms. The van der Waals surface area contributed by atoms with Crippen LogP contribution in [-0.2, 0) is 4.79 Å². The van der Waals surface area contributed by atoms with Crippen LogP contribution in [0.15, 0.2) is 0 Å². The molecule has 2 aliphatic heterocycles. The monoisotopic (exact) mass is 294 g/mol. The maximum absolute atomic E-state index is 11.3. The smallest absolute Gasteiger partial charge is 0.320 e. The van der Waals surface area contributed by atoms with Crippen molar-refractivity contribution < 1.29 is 9.90 Å². The van der Waals surface area contributed by atoms with Crippen LogP contribution < -0.4 is 0 Å². The molecule has 2 heterocycles. The summed E-state index contributed by atoms with van der Waals surface area (Å²) in [4.78, 5) is 16.3. The first-order valence-corrected chi connectivity index (χ1v) is 8.79. The highest BCUT2D eigenvalue weighted by atomic mass is 16.4. The standard InChI is InChI=1S/C17H30N2O2/c1-12(2)13-10-15(11-13)18-8-5-14(6-9-18)19-7-3-4-16(19)17(20)21/h12-16H,3-11H2,1-2H3,(H,20,21). The molecule has 0 aromatic heterocycles. The van der Waals surface area contributed by atoms with Crippen molar-refractivity contribution in [3.8, 4) is 0 Å². The van der Waals surface area contributed by atoms with Gasteiger partial charge in [-0.05, 0) is 70.0 Å². The highest BCUT2D eigenvalue weighted by Crippen LogP contribution is 2.38. The van der Waals surface area contributed by atoms with Gasteiger partial charge in [0.25, 0.3) is 0 Å². The van der Waals surface area contributed by atoms with Gasteiger partial charge >= 0.3 is 5.97 Å². The lowest BCUT2D eigenvalue weighted by Crippen LogP contribution is -2.53. The summed E-state index contributed by atoms with van der Waals surface area (Å²) in [7, 11) is 0. The van der Waals surface area contributed by atoms with E-state index in [0.29, 0.717) is 6.04 Å². The molecule has 0 spiro atoms. The Morgan fingerprint density at radius 2 is 1.71 bits per heavy atom. The van der Waals surface area contributed by atoms with Crippen LogP contribution in [0.5, 0.6) is 0 Å². The first kappa shape index (κ1) is 15.3. The molecule has 1 N–H and O–H groups in total. The summed E-state index contributed by atoms with van der Waals surface area (Å²) in [6.45, 7) is 8.01. The molecule has 2 saturated heterocycles. The lowest BCUT2D eigenvalue weighted by molar-refractivity contribution is -0.143. The number of hydrogen-bond donors (Lipinski definition) is 1. The van der Waals surface area contributed by atoms with Gasteiger partial charge in [0.1, 0.15) is 6.04 Å². The number of aliphatic carboxylic acids is 1. The van der Waals surface area contributed by atoms with Crippen LogP contribution in [0.25, 0.3) is 0 Å². The summed E-state index contributed by atoms with van der Waals surface area (Å²) in [6.07, 6.45) is 6.97. The van der Waals surface area contributed by atoms with E-state index < -0.39 is 5.97 Å². The van der Waals surface area contributed by atoms with Crippen molar-refractivity contribution in [2.24, 2.45) is 11.8 Å². The highest BCUT2D eigenvalue weighted by Gasteiger charge is 2.40. The van der Waals surface area contributed by atoms with Crippen molar-refractivity contribution in [1.82, 2.24) is 9.80 Å². The Labute approximate surface area is 128 Å². The Bertz CT molecular complexity index is 371. The molecule has 1 saturated carbocycles. The lowest BCUT2D eigenvalue weighted by atomic mass is 9.72. The number of piperidine rings is 1. The SMILES string of the molecule is CC(C)C1CC(N2CCC(N3CCCC3C(=O)O)CC2)C1. The molecule has 0 aromatic carbocycles. The van der Waals surface area contributed by atoms with Gasteiger partial charge in [-0.2, -0.15) is 0 Å². The van der Waals surface area contributed by atoms with Crippen LogP contribution in [-0.4, -0.2) is 58.6 Å². The van der Waals surface area contributed by atoms with E-state index in [1.54, 1.807) is 0 Å². The minimum Gasteiger partial charge on any atom is -0.480 e. The molecule has 3 aliphatic rings. The number of carboxylic acid groups (broad SMARTS) is 1. The first-order chi connectivity index (χ1) is 10.1. The minimum atomic E-state index is -0.617. The zero-order chi connectivity index (χ0) is 15.0. The van der Waals surface area contributed by atoms with Crippen LogP contribution in [0.4, 0.5) is 0 Å². The number of likely N-dealkylation sites (tertiary alicyclic amines) is 2. The van der Waals surface area contributed by atoms with Crippen molar-refractivity contribution in [1.29, 1.82) is 0 Å². The average Bonchev–Trinajstić information content (AvgIpc) is 2.86. The van der Waals surface area contributed by atoms with E-state index in [4.69, 9.17) is 0 Å².